The van der Waals surface area contributed by atoms with Gasteiger partial charge in [0.25, 0.3) is 0 Å². The van der Waals surface area contributed by atoms with E-state index in [4.69, 9.17) is 4.99 Å². The summed E-state index contributed by atoms with van der Waals surface area (Å²) in [6, 6.07) is 10.8. The molecule has 7 heteroatoms. The van der Waals surface area contributed by atoms with E-state index < -0.39 is 9.84 Å². The Kier molecular flexibility index (Phi) is 8.19. The van der Waals surface area contributed by atoms with Crippen molar-refractivity contribution in [1.82, 2.24) is 10.2 Å². The zero-order valence-electron chi connectivity index (χ0n) is 17.2. The molecule has 2 fully saturated rings. The van der Waals surface area contributed by atoms with E-state index in [0.717, 1.165) is 44.9 Å². The molecule has 1 aliphatic carbocycles. The van der Waals surface area contributed by atoms with Crippen LogP contribution in [0.25, 0.3) is 0 Å². The van der Waals surface area contributed by atoms with Gasteiger partial charge in [0.05, 0.1) is 5.75 Å². The maximum absolute atomic E-state index is 11.7. The van der Waals surface area contributed by atoms with Crippen molar-refractivity contribution < 1.29 is 8.42 Å². The Bertz CT molecular complexity index is 763. The van der Waals surface area contributed by atoms with E-state index in [2.05, 4.69) is 54.4 Å². The zero-order chi connectivity index (χ0) is 19.5. The number of piperidine rings is 1. The van der Waals surface area contributed by atoms with Gasteiger partial charge in [0.1, 0.15) is 9.84 Å². The van der Waals surface area contributed by atoms with Crippen LogP contribution in [-0.4, -0.2) is 57.5 Å². The third-order valence-electron chi connectivity index (χ3n) is 5.86. The van der Waals surface area contributed by atoms with Gasteiger partial charge in [0, 0.05) is 37.8 Å². The molecular weight excluding hydrogens is 485 g/mol. The normalized spacial score (nSPS) is 24.4. The first-order chi connectivity index (χ1) is 12.8. The molecule has 2 unspecified atom stereocenters. The molecule has 3 rings (SSSR count). The minimum Gasteiger partial charge on any atom is -0.357 e. The predicted octanol–water partition coefficient (Wildman–Crippen LogP) is 3.52. The average molecular weight is 519 g/mol. The molecule has 28 heavy (non-hydrogen) atoms. The first-order valence-electron chi connectivity index (χ1n) is 10.1. The fraction of sp³-hybridized carbons (Fsp3) is 0.667. The molecule has 0 spiro atoms. The average Bonchev–Trinajstić information content (AvgIpc) is 3.37. The number of aliphatic imine (C=N–C) groups is 1. The van der Waals surface area contributed by atoms with Crippen LogP contribution in [0.3, 0.4) is 0 Å². The van der Waals surface area contributed by atoms with Crippen LogP contribution in [0, 0.1) is 11.3 Å². The van der Waals surface area contributed by atoms with E-state index in [-0.39, 0.29) is 35.1 Å². The highest BCUT2D eigenvalue weighted by Crippen LogP contribution is 2.47. The van der Waals surface area contributed by atoms with Crippen molar-refractivity contribution >= 4 is 39.8 Å². The van der Waals surface area contributed by atoms with Gasteiger partial charge in [-0.15, -0.1) is 24.0 Å². The fourth-order valence-electron chi connectivity index (χ4n) is 4.28. The summed E-state index contributed by atoms with van der Waals surface area (Å²) in [4.78, 5) is 7.21. The van der Waals surface area contributed by atoms with E-state index in [9.17, 15) is 8.42 Å². The lowest BCUT2D eigenvalue weighted by molar-refractivity contribution is 0.234. The van der Waals surface area contributed by atoms with Gasteiger partial charge >= 0.3 is 0 Å². The summed E-state index contributed by atoms with van der Waals surface area (Å²) < 4.78 is 23.4. The molecule has 158 valence electrons. The summed E-state index contributed by atoms with van der Waals surface area (Å²) in [7, 11) is -2.95. The summed E-state index contributed by atoms with van der Waals surface area (Å²) >= 11 is 0. The quantitative estimate of drug-likeness (QED) is 0.355. The second-order valence-corrected chi connectivity index (χ2v) is 10.6. The minimum atomic E-state index is -2.95. The van der Waals surface area contributed by atoms with Crippen molar-refractivity contribution in [3.05, 3.63) is 35.9 Å². The highest BCUT2D eigenvalue weighted by atomic mass is 127. The van der Waals surface area contributed by atoms with Crippen LogP contribution < -0.4 is 5.32 Å². The molecule has 1 aromatic rings. The lowest BCUT2D eigenvalue weighted by atomic mass is 9.82. The van der Waals surface area contributed by atoms with Crippen LogP contribution in [0.5, 0.6) is 0 Å². The van der Waals surface area contributed by atoms with Crippen LogP contribution in [0.15, 0.2) is 35.3 Å². The maximum Gasteiger partial charge on any atom is 0.193 e. The number of benzene rings is 1. The summed E-state index contributed by atoms with van der Waals surface area (Å²) in [6.45, 7) is 7.79. The topological polar surface area (TPSA) is 61.8 Å². The highest BCUT2D eigenvalue weighted by Gasteiger charge is 2.45. The van der Waals surface area contributed by atoms with E-state index in [0.29, 0.717) is 18.4 Å². The van der Waals surface area contributed by atoms with E-state index in [1.807, 2.05) is 0 Å². The SMILES string of the molecule is CCNC(=NCC1(CS(C)(=O)=O)CC1)N1CCC(c2ccccc2)C(C)C1.I. The Hall–Kier alpha value is -0.830. The molecule has 0 radical (unpaired) electrons. The maximum atomic E-state index is 11.7. The van der Waals surface area contributed by atoms with Crippen molar-refractivity contribution in [3.8, 4) is 0 Å². The second-order valence-electron chi connectivity index (χ2n) is 8.47. The Balaban J connectivity index is 0.00000280. The number of guanidine groups is 1. The van der Waals surface area contributed by atoms with Gasteiger partial charge in [0.2, 0.25) is 0 Å². The number of hydrogen-bond donors (Lipinski definition) is 1. The monoisotopic (exact) mass is 519 g/mol. The van der Waals surface area contributed by atoms with Crippen LogP contribution in [0.4, 0.5) is 0 Å². The summed E-state index contributed by atoms with van der Waals surface area (Å²) in [6.07, 6.45) is 4.38. The van der Waals surface area contributed by atoms with Gasteiger partial charge in [0.15, 0.2) is 5.96 Å². The van der Waals surface area contributed by atoms with Crippen molar-refractivity contribution in [2.45, 2.75) is 39.0 Å². The van der Waals surface area contributed by atoms with Crippen LogP contribution in [0.1, 0.15) is 44.6 Å². The summed E-state index contributed by atoms with van der Waals surface area (Å²) in [5, 5.41) is 3.42. The molecule has 1 aromatic carbocycles. The number of halogens is 1. The summed E-state index contributed by atoms with van der Waals surface area (Å²) in [5.74, 6) is 2.34. The third-order valence-corrected chi connectivity index (χ3v) is 6.99. The first-order valence-corrected chi connectivity index (χ1v) is 12.1. The van der Waals surface area contributed by atoms with Crippen molar-refractivity contribution in [3.63, 3.8) is 0 Å². The van der Waals surface area contributed by atoms with Gasteiger partial charge in [-0.2, -0.15) is 0 Å². The molecule has 0 amide bonds. The smallest absolute Gasteiger partial charge is 0.193 e. The van der Waals surface area contributed by atoms with Crippen LogP contribution in [-0.2, 0) is 9.84 Å². The van der Waals surface area contributed by atoms with Crippen LogP contribution in [0.2, 0.25) is 0 Å². The van der Waals surface area contributed by atoms with E-state index in [1.54, 1.807) is 0 Å². The lowest BCUT2D eigenvalue weighted by Crippen LogP contribution is -2.48. The zero-order valence-corrected chi connectivity index (χ0v) is 20.4. The fourth-order valence-corrected chi connectivity index (χ4v) is 5.78. The number of likely N-dealkylation sites (tertiary alicyclic amines) is 1. The molecular formula is C21H34IN3O2S. The standard InChI is InChI=1S/C21H33N3O2S.HI/c1-4-22-20(23-15-21(11-12-21)16-27(3,25)26)24-13-10-19(17(2)14-24)18-8-6-5-7-9-18;/h5-9,17,19H,4,10-16H2,1-3H3,(H,22,23);1H. The van der Waals surface area contributed by atoms with Crippen molar-refractivity contribution in [2.75, 3.05) is 38.2 Å². The molecule has 2 atom stereocenters. The molecule has 1 heterocycles. The van der Waals surface area contributed by atoms with Gasteiger partial charge in [-0.3, -0.25) is 4.99 Å². The molecule has 1 saturated heterocycles. The number of nitrogens with one attached hydrogen (secondary N) is 1. The number of nitrogens with zero attached hydrogens (tertiary/aromatic N) is 2. The summed E-state index contributed by atoms with van der Waals surface area (Å²) in [5.41, 5.74) is 1.30. The number of hydrogen-bond acceptors (Lipinski definition) is 3. The van der Waals surface area contributed by atoms with E-state index in [1.165, 1.54) is 11.8 Å². The second kappa shape index (κ2) is 9.78. The minimum absolute atomic E-state index is 0. The largest absolute Gasteiger partial charge is 0.357 e. The first kappa shape index (κ1) is 23.4. The Morgan fingerprint density at radius 2 is 1.96 bits per heavy atom. The Morgan fingerprint density at radius 3 is 2.50 bits per heavy atom. The van der Waals surface area contributed by atoms with Gasteiger partial charge < -0.3 is 10.2 Å². The van der Waals surface area contributed by atoms with Crippen molar-refractivity contribution in [2.24, 2.45) is 16.3 Å². The van der Waals surface area contributed by atoms with E-state index >= 15 is 0 Å². The molecule has 1 N–H and O–H groups in total. The third kappa shape index (κ3) is 6.34. The van der Waals surface area contributed by atoms with Gasteiger partial charge in [-0.25, -0.2) is 8.42 Å². The molecule has 5 nitrogen and oxygen atoms in total. The van der Waals surface area contributed by atoms with Gasteiger partial charge in [-0.05, 0) is 43.6 Å². The number of rotatable bonds is 6. The molecule has 1 aliphatic heterocycles. The Morgan fingerprint density at radius 1 is 1.29 bits per heavy atom. The predicted molar refractivity (Wildman–Crippen MR) is 127 cm³/mol. The van der Waals surface area contributed by atoms with Gasteiger partial charge in [-0.1, -0.05) is 37.3 Å². The molecule has 0 aromatic heterocycles. The lowest BCUT2D eigenvalue weighted by Gasteiger charge is -2.39. The molecule has 0 bridgehead atoms. The number of sulfone groups is 1. The highest BCUT2D eigenvalue weighted by molar-refractivity contribution is 14.0. The van der Waals surface area contributed by atoms with Crippen LogP contribution >= 0.6 is 24.0 Å². The Labute approximate surface area is 187 Å². The van der Waals surface area contributed by atoms with Crippen molar-refractivity contribution in [1.29, 1.82) is 0 Å². The molecule has 1 saturated carbocycles. The molecule has 2 aliphatic rings.